The molecule has 2 rings (SSSR count). The first-order valence-electron chi connectivity index (χ1n) is 7.98. The minimum atomic E-state index is 0.703. The first-order chi connectivity index (χ1) is 9.10. The zero-order valence-corrected chi connectivity index (χ0v) is 13.0. The maximum Gasteiger partial charge on any atom is 0.0223 e. The summed E-state index contributed by atoms with van der Waals surface area (Å²) in [5.74, 6) is 2.53. The lowest BCUT2D eigenvalue weighted by atomic mass is 9.74. The Morgan fingerprint density at radius 2 is 2.16 bits per heavy atom. The molecule has 0 saturated heterocycles. The fourth-order valence-corrected chi connectivity index (χ4v) is 3.48. The van der Waals surface area contributed by atoms with Crippen LogP contribution in [-0.2, 0) is 13.1 Å². The van der Waals surface area contributed by atoms with Gasteiger partial charge in [0.2, 0.25) is 0 Å². The molecule has 0 spiro atoms. The van der Waals surface area contributed by atoms with E-state index in [1.807, 2.05) is 0 Å². The van der Waals surface area contributed by atoms with Crippen molar-refractivity contribution in [2.75, 3.05) is 0 Å². The van der Waals surface area contributed by atoms with Crippen molar-refractivity contribution in [3.8, 4) is 0 Å². The van der Waals surface area contributed by atoms with Crippen LogP contribution >= 0.6 is 0 Å². The highest BCUT2D eigenvalue weighted by molar-refractivity contribution is 5.10. The summed E-state index contributed by atoms with van der Waals surface area (Å²) in [5.41, 5.74) is 1.42. The van der Waals surface area contributed by atoms with Crippen molar-refractivity contribution in [3.63, 3.8) is 0 Å². The lowest BCUT2D eigenvalue weighted by Gasteiger charge is -2.38. The van der Waals surface area contributed by atoms with Crippen molar-refractivity contribution in [2.24, 2.45) is 17.8 Å². The number of nitrogens with one attached hydrogen (secondary N) is 1. The summed E-state index contributed by atoms with van der Waals surface area (Å²) in [5, 5.41) is 3.82. The monoisotopic (exact) mass is 262 g/mol. The van der Waals surface area contributed by atoms with Crippen LogP contribution in [0.1, 0.15) is 52.5 Å². The van der Waals surface area contributed by atoms with E-state index >= 15 is 0 Å². The van der Waals surface area contributed by atoms with Crippen LogP contribution in [0, 0.1) is 17.8 Å². The van der Waals surface area contributed by atoms with Gasteiger partial charge in [-0.15, -0.1) is 0 Å². The van der Waals surface area contributed by atoms with Crippen LogP contribution in [0.25, 0.3) is 0 Å². The second kappa shape index (κ2) is 6.60. The highest BCUT2D eigenvalue weighted by Crippen LogP contribution is 2.33. The summed E-state index contributed by atoms with van der Waals surface area (Å²) < 4.78 is 2.25. The quantitative estimate of drug-likeness (QED) is 0.847. The third-order valence-electron chi connectivity index (χ3n) is 4.77. The van der Waals surface area contributed by atoms with E-state index in [9.17, 15) is 0 Å². The summed E-state index contributed by atoms with van der Waals surface area (Å²) >= 11 is 0. The molecule has 1 aromatic heterocycles. The van der Waals surface area contributed by atoms with Gasteiger partial charge in [-0.3, -0.25) is 0 Å². The summed E-state index contributed by atoms with van der Waals surface area (Å²) in [7, 11) is 0. The van der Waals surface area contributed by atoms with Crippen molar-refractivity contribution < 1.29 is 0 Å². The minimum absolute atomic E-state index is 0.703. The van der Waals surface area contributed by atoms with E-state index in [2.05, 4.69) is 56.0 Å². The Labute approximate surface area is 118 Å². The molecular weight excluding hydrogens is 232 g/mol. The van der Waals surface area contributed by atoms with Gasteiger partial charge in [-0.2, -0.15) is 0 Å². The van der Waals surface area contributed by atoms with Gasteiger partial charge in [-0.1, -0.05) is 27.2 Å². The lowest BCUT2D eigenvalue weighted by Crippen LogP contribution is -2.42. The molecule has 1 N–H and O–H groups in total. The Morgan fingerprint density at radius 1 is 1.37 bits per heavy atom. The zero-order chi connectivity index (χ0) is 13.8. The molecule has 1 fully saturated rings. The largest absolute Gasteiger partial charge is 0.354 e. The van der Waals surface area contributed by atoms with Crippen LogP contribution in [-0.4, -0.2) is 10.6 Å². The van der Waals surface area contributed by atoms with Crippen LogP contribution in [0.15, 0.2) is 18.5 Å². The molecule has 19 heavy (non-hydrogen) atoms. The average molecular weight is 262 g/mol. The summed E-state index contributed by atoms with van der Waals surface area (Å²) in [6.45, 7) is 11.4. The molecule has 2 nitrogen and oxygen atoms in total. The highest BCUT2D eigenvalue weighted by atomic mass is 15.0. The predicted octanol–water partition coefficient (Wildman–Crippen LogP) is 4.06. The molecule has 108 valence electrons. The normalized spacial score (nSPS) is 27.9. The van der Waals surface area contributed by atoms with E-state index in [0.29, 0.717) is 6.04 Å². The van der Waals surface area contributed by atoms with Crippen LogP contribution in [0.5, 0.6) is 0 Å². The standard InChI is InChI=1S/C17H30N2/c1-5-19-9-8-15(12-19)11-18-17-10-14(4)6-7-16(17)13(2)3/h8-9,12-14,16-18H,5-7,10-11H2,1-4H3. The SMILES string of the molecule is CCn1ccc(CNC2CC(C)CCC2C(C)C)c1. The van der Waals surface area contributed by atoms with Crippen LogP contribution in [0.2, 0.25) is 0 Å². The van der Waals surface area contributed by atoms with Gasteiger partial charge in [0.05, 0.1) is 0 Å². The molecule has 0 aliphatic heterocycles. The Morgan fingerprint density at radius 3 is 2.79 bits per heavy atom. The minimum Gasteiger partial charge on any atom is -0.354 e. The first-order valence-corrected chi connectivity index (χ1v) is 7.98. The molecule has 0 amide bonds. The summed E-state index contributed by atoms with van der Waals surface area (Å²) in [6, 6.07) is 2.95. The molecule has 2 heteroatoms. The van der Waals surface area contributed by atoms with Crippen molar-refractivity contribution in [2.45, 2.75) is 66.1 Å². The molecular formula is C17H30N2. The number of rotatable bonds is 5. The topological polar surface area (TPSA) is 17.0 Å². The van der Waals surface area contributed by atoms with E-state index in [0.717, 1.165) is 30.8 Å². The van der Waals surface area contributed by atoms with Gasteiger partial charge in [-0.05, 0) is 49.1 Å². The molecule has 3 atom stereocenters. The van der Waals surface area contributed by atoms with E-state index in [1.165, 1.54) is 24.8 Å². The van der Waals surface area contributed by atoms with Gasteiger partial charge in [-0.25, -0.2) is 0 Å². The second-order valence-electron chi connectivity index (χ2n) is 6.66. The molecule has 1 aliphatic rings. The Kier molecular flexibility index (Phi) is 5.09. The maximum atomic E-state index is 3.82. The third kappa shape index (κ3) is 3.85. The summed E-state index contributed by atoms with van der Waals surface area (Å²) in [6.07, 6.45) is 8.60. The number of aromatic nitrogens is 1. The Bertz CT molecular complexity index is 380. The van der Waals surface area contributed by atoms with Crippen LogP contribution in [0.3, 0.4) is 0 Å². The van der Waals surface area contributed by atoms with Gasteiger partial charge in [0.1, 0.15) is 0 Å². The van der Waals surface area contributed by atoms with Gasteiger partial charge in [0.25, 0.3) is 0 Å². The van der Waals surface area contributed by atoms with E-state index in [4.69, 9.17) is 0 Å². The number of aryl methyl sites for hydroxylation is 1. The van der Waals surface area contributed by atoms with Crippen molar-refractivity contribution in [3.05, 3.63) is 24.0 Å². The number of nitrogens with zero attached hydrogens (tertiary/aromatic N) is 1. The van der Waals surface area contributed by atoms with Crippen molar-refractivity contribution in [1.82, 2.24) is 9.88 Å². The molecule has 1 aromatic rings. The van der Waals surface area contributed by atoms with Crippen LogP contribution in [0.4, 0.5) is 0 Å². The predicted molar refractivity (Wildman–Crippen MR) is 82.1 cm³/mol. The molecule has 0 aromatic carbocycles. The molecule has 1 saturated carbocycles. The van der Waals surface area contributed by atoms with Gasteiger partial charge in [0, 0.05) is 31.5 Å². The van der Waals surface area contributed by atoms with E-state index < -0.39 is 0 Å². The van der Waals surface area contributed by atoms with E-state index in [1.54, 1.807) is 0 Å². The van der Waals surface area contributed by atoms with Gasteiger partial charge in [0.15, 0.2) is 0 Å². The smallest absolute Gasteiger partial charge is 0.0223 e. The fraction of sp³-hybridized carbons (Fsp3) is 0.765. The molecule has 0 radical (unpaired) electrons. The maximum absolute atomic E-state index is 3.82. The second-order valence-corrected chi connectivity index (χ2v) is 6.66. The fourth-order valence-electron chi connectivity index (χ4n) is 3.48. The molecule has 1 aliphatic carbocycles. The number of hydrogen-bond donors (Lipinski definition) is 1. The highest BCUT2D eigenvalue weighted by Gasteiger charge is 2.30. The van der Waals surface area contributed by atoms with Crippen LogP contribution < -0.4 is 5.32 Å². The molecule has 1 heterocycles. The average Bonchev–Trinajstić information content (AvgIpc) is 2.84. The van der Waals surface area contributed by atoms with E-state index in [-0.39, 0.29) is 0 Å². The van der Waals surface area contributed by atoms with Gasteiger partial charge >= 0.3 is 0 Å². The van der Waals surface area contributed by atoms with Crippen molar-refractivity contribution in [1.29, 1.82) is 0 Å². The lowest BCUT2D eigenvalue weighted by molar-refractivity contribution is 0.169. The zero-order valence-electron chi connectivity index (χ0n) is 13.0. The first kappa shape index (κ1) is 14.6. The summed E-state index contributed by atoms with van der Waals surface area (Å²) in [4.78, 5) is 0. The van der Waals surface area contributed by atoms with Crippen molar-refractivity contribution >= 4 is 0 Å². The molecule has 3 unspecified atom stereocenters. The Balaban J connectivity index is 1.91. The Hall–Kier alpha value is -0.760. The number of hydrogen-bond acceptors (Lipinski definition) is 1. The third-order valence-corrected chi connectivity index (χ3v) is 4.77. The molecule has 0 bridgehead atoms. The van der Waals surface area contributed by atoms with Gasteiger partial charge < -0.3 is 9.88 Å².